The lowest BCUT2D eigenvalue weighted by molar-refractivity contribution is 0.896. The van der Waals surface area contributed by atoms with Crippen LogP contribution in [0.1, 0.15) is 19.7 Å². The predicted octanol–water partition coefficient (Wildman–Crippen LogP) is 2.12. The van der Waals surface area contributed by atoms with Gasteiger partial charge in [0.25, 0.3) is 0 Å². The molecule has 0 spiro atoms. The van der Waals surface area contributed by atoms with Crippen LogP contribution in [-0.2, 0) is 0 Å². The number of aryl methyl sites for hydroxylation is 1. The minimum Gasteiger partial charge on any atom is -0.358 e. The van der Waals surface area contributed by atoms with Gasteiger partial charge in [0.1, 0.15) is 11.5 Å². The van der Waals surface area contributed by atoms with Crippen molar-refractivity contribution in [2.45, 2.75) is 26.8 Å². The Kier molecular flexibility index (Phi) is 3.09. The van der Waals surface area contributed by atoms with Crippen molar-refractivity contribution < 1.29 is 0 Å². The number of hydrogen-bond acceptors (Lipinski definition) is 6. The topological polar surface area (TPSA) is 63.6 Å². The van der Waals surface area contributed by atoms with E-state index in [1.165, 1.54) is 11.5 Å². The maximum Gasteiger partial charge on any atom is 0.203 e. The van der Waals surface area contributed by atoms with E-state index >= 15 is 0 Å². The van der Waals surface area contributed by atoms with Gasteiger partial charge in [0.15, 0.2) is 5.82 Å². The molecule has 84 valence electrons. The summed E-state index contributed by atoms with van der Waals surface area (Å²) in [5.74, 6) is 1.38. The van der Waals surface area contributed by atoms with Crippen molar-refractivity contribution in [3.05, 3.63) is 18.1 Å². The molecule has 0 aliphatic rings. The van der Waals surface area contributed by atoms with Gasteiger partial charge >= 0.3 is 0 Å². The van der Waals surface area contributed by atoms with Gasteiger partial charge < -0.3 is 5.32 Å². The monoisotopic (exact) mass is 235 g/mol. The van der Waals surface area contributed by atoms with Crippen LogP contribution in [0.25, 0.3) is 11.5 Å². The van der Waals surface area contributed by atoms with E-state index in [2.05, 4.69) is 38.5 Å². The number of rotatable bonds is 3. The normalized spacial score (nSPS) is 10.8. The summed E-state index contributed by atoms with van der Waals surface area (Å²) in [7, 11) is 0. The van der Waals surface area contributed by atoms with Crippen molar-refractivity contribution in [1.29, 1.82) is 0 Å². The van der Waals surface area contributed by atoms with Crippen molar-refractivity contribution in [3.63, 3.8) is 0 Å². The molecule has 0 atom stereocenters. The van der Waals surface area contributed by atoms with E-state index in [-0.39, 0.29) is 0 Å². The minimum atomic E-state index is 0.355. The lowest BCUT2D eigenvalue weighted by atomic mass is 10.4. The lowest BCUT2D eigenvalue weighted by Crippen LogP contribution is -2.09. The largest absolute Gasteiger partial charge is 0.358 e. The Labute approximate surface area is 98.2 Å². The summed E-state index contributed by atoms with van der Waals surface area (Å²) >= 11 is 1.35. The van der Waals surface area contributed by atoms with E-state index in [0.29, 0.717) is 11.9 Å². The third-order valence-electron chi connectivity index (χ3n) is 1.84. The highest BCUT2D eigenvalue weighted by atomic mass is 32.1. The van der Waals surface area contributed by atoms with Crippen molar-refractivity contribution in [2.75, 3.05) is 5.32 Å². The molecule has 2 aromatic heterocycles. The molecule has 0 aromatic carbocycles. The molecular weight excluding hydrogens is 222 g/mol. The Morgan fingerprint density at radius 3 is 2.81 bits per heavy atom. The Morgan fingerprint density at radius 1 is 1.31 bits per heavy atom. The smallest absolute Gasteiger partial charge is 0.203 e. The van der Waals surface area contributed by atoms with Gasteiger partial charge in [-0.1, -0.05) is 0 Å². The van der Waals surface area contributed by atoms with E-state index in [4.69, 9.17) is 0 Å². The van der Waals surface area contributed by atoms with Crippen molar-refractivity contribution >= 4 is 16.7 Å². The molecular formula is C10H13N5S. The van der Waals surface area contributed by atoms with Crippen LogP contribution in [0.2, 0.25) is 0 Å². The quantitative estimate of drug-likeness (QED) is 0.882. The van der Waals surface area contributed by atoms with Crippen LogP contribution < -0.4 is 5.32 Å². The minimum absolute atomic E-state index is 0.355. The van der Waals surface area contributed by atoms with E-state index in [1.807, 2.05) is 13.0 Å². The molecule has 0 aliphatic carbocycles. The molecule has 2 aromatic rings. The van der Waals surface area contributed by atoms with Crippen LogP contribution in [0.5, 0.6) is 0 Å². The summed E-state index contributed by atoms with van der Waals surface area (Å²) in [5.41, 5.74) is 0.764. The molecule has 6 heteroatoms. The number of anilines is 1. The Balaban J connectivity index is 2.24. The molecule has 0 bridgehead atoms. The zero-order valence-electron chi connectivity index (χ0n) is 9.43. The Bertz CT molecular complexity index is 480. The fraction of sp³-hybridized carbons (Fsp3) is 0.400. The fourth-order valence-corrected chi connectivity index (χ4v) is 1.94. The fourth-order valence-electron chi connectivity index (χ4n) is 1.21. The Hall–Kier alpha value is -1.56. The van der Waals surface area contributed by atoms with Gasteiger partial charge in [-0.05, 0) is 26.8 Å². The van der Waals surface area contributed by atoms with Crippen LogP contribution in [0, 0.1) is 6.92 Å². The first-order valence-electron chi connectivity index (χ1n) is 5.05. The van der Waals surface area contributed by atoms with E-state index in [0.717, 1.165) is 16.6 Å². The van der Waals surface area contributed by atoms with Gasteiger partial charge in [-0.25, -0.2) is 9.97 Å². The molecule has 0 fully saturated rings. The average Bonchev–Trinajstić information content (AvgIpc) is 2.65. The molecule has 2 heterocycles. The molecule has 0 saturated heterocycles. The number of hydrogen-bond donors (Lipinski definition) is 1. The molecule has 0 aliphatic heterocycles. The highest BCUT2D eigenvalue weighted by Crippen LogP contribution is 2.19. The van der Waals surface area contributed by atoms with Crippen molar-refractivity contribution in [1.82, 2.24) is 19.3 Å². The van der Waals surface area contributed by atoms with Gasteiger partial charge in [0, 0.05) is 23.8 Å². The second-order valence-corrected chi connectivity index (χ2v) is 4.46. The highest BCUT2D eigenvalue weighted by Gasteiger charge is 2.08. The number of aromatic nitrogens is 4. The molecule has 5 nitrogen and oxygen atoms in total. The highest BCUT2D eigenvalue weighted by molar-refractivity contribution is 7.09. The van der Waals surface area contributed by atoms with Crippen LogP contribution in [0.15, 0.2) is 12.3 Å². The SMILES string of the molecule is Cc1nccc(-c2nsc(NC(C)C)n2)n1. The van der Waals surface area contributed by atoms with Crippen LogP contribution in [-0.4, -0.2) is 25.4 Å². The first kappa shape index (κ1) is 10.9. The first-order chi connectivity index (χ1) is 7.65. The number of nitrogens with one attached hydrogen (secondary N) is 1. The third-order valence-corrected chi connectivity index (χ3v) is 2.49. The summed E-state index contributed by atoms with van der Waals surface area (Å²) in [5, 5.41) is 4.03. The molecule has 16 heavy (non-hydrogen) atoms. The second-order valence-electron chi connectivity index (χ2n) is 3.71. The van der Waals surface area contributed by atoms with Gasteiger partial charge in [-0.3, -0.25) is 0 Å². The van der Waals surface area contributed by atoms with Crippen LogP contribution in [0.4, 0.5) is 5.13 Å². The van der Waals surface area contributed by atoms with Gasteiger partial charge in [-0.2, -0.15) is 9.36 Å². The van der Waals surface area contributed by atoms with Crippen molar-refractivity contribution in [2.24, 2.45) is 0 Å². The van der Waals surface area contributed by atoms with Crippen LogP contribution in [0.3, 0.4) is 0 Å². The van der Waals surface area contributed by atoms with Gasteiger partial charge in [0.05, 0.1) is 0 Å². The maximum atomic E-state index is 4.37. The van der Waals surface area contributed by atoms with E-state index in [9.17, 15) is 0 Å². The summed E-state index contributed by atoms with van der Waals surface area (Å²) in [6.45, 7) is 5.98. The second kappa shape index (κ2) is 4.52. The average molecular weight is 235 g/mol. The lowest BCUT2D eigenvalue weighted by Gasteiger charge is -2.03. The molecule has 2 rings (SSSR count). The summed E-state index contributed by atoms with van der Waals surface area (Å²) in [6.07, 6.45) is 1.72. The first-order valence-corrected chi connectivity index (χ1v) is 5.83. The summed E-state index contributed by atoms with van der Waals surface area (Å²) in [4.78, 5) is 12.7. The molecule has 0 saturated carbocycles. The third kappa shape index (κ3) is 2.52. The molecule has 1 N–H and O–H groups in total. The number of nitrogens with zero attached hydrogens (tertiary/aromatic N) is 4. The zero-order valence-corrected chi connectivity index (χ0v) is 10.2. The Morgan fingerprint density at radius 2 is 2.12 bits per heavy atom. The van der Waals surface area contributed by atoms with Gasteiger partial charge in [-0.15, -0.1) is 0 Å². The maximum absolute atomic E-state index is 4.37. The molecule has 0 unspecified atom stereocenters. The predicted molar refractivity (Wildman–Crippen MR) is 64.4 cm³/mol. The molecule has 0 amide bonds. The van der Waals surface area contributed by atoms with E-state index < -0.39 is 0 Å². The van der Waals surface area contributed by atoms with Crippen LogP contribution >= 0.6 is 11.5 Å². The molecule has 0 radical (unpaired) electrons. The van der Waals surface area contributed by atoms with Crippen molar-refractivity contribution in [3.8, 4) is 11.5 Å². The van der Waals surface area contributed by atoms with E-state index in [1.54, 1.807) is 6.20 Å². The summed E-state index contributed by atoms with van der Waals surface area (Å²) < 4.78 is 4.26. The summed E-state index contributed by atoms with van der Waals surface area (Å²) in [6, 6.07) is 2.17. The van der Waals surface area contributed by atoms with Gasteiger partial charge in [0.2, 0.25) is 5.13 Å². The standard InChI is InChI=1S/C10H13N5S/c1-6(2)12-10-14-9(15-16-10)8-4-5-11-7(3)13-8/h4-6H,1-3H3,(H,12,14,15). The zero-order chi connectivity index (χ0) is 11.5.